The molecule has 3 N–H and O–H groups in total. The number of carbonyl (C=O) groups is 2. The number of aliphatic carboxylic acids is 1. The molecule has 2 rings (SSSR count). The molecular weight excluding hydrogens is 282 g/mol. The number of halogens is 2. The van der Waals surface area contributed by atoms with Gasteiger partial charge >= 0.3 is 12.0 Å². The van der Waals surface area contributed by atoms with Crippen molar-refractivity contribution in [1.82, 2.24) is 10.6 Å². The van der Waals surface area contributed by atoms with Gasteiger partial charge in [0, 0.05) is 25.4 Å². The molecule has 0 radical (unpaired) electrons. The number of amides is 2. The third kappa shape index (κ3) is 4.82. The van der Waals surface area contributed by atoms with E-state index in [0.29, 0.717) is 32.1 Å². The quantitative estimate of drug-likeness (QED) is 0.746. The standard InChI is InChI=1S/C14H22F2N2O3/c15-14(16)6-5-9(7-14)8-17-13(21)18-11-3-1-10(2-4-11)12(19)20/h9-11H,1-8H2,(H,19,20)(H2,17,18,21). The average Bonchev–Trinajstić information content (AvgIpc) is 2.77. The second kappa shape index (κ2) is 6.58. The lowest BCUT2D eigenvalue weighted by atomic mass is 9.86. The molecule has 1 atom stereocenters. The highest BCUT2D eigenvalue weighted by molar-refractivity contribution is 5.74. The van der Waals surface area contributed by atoms with Crippen molar-refractivity contribution in [3.05, 3.63) is 0 Å². The van der Waals surface area contributed by atoms with Crippen molar-refractivity contribution in [1.29, 1.82) is 0 Å². The Balaban J connectivity index is 1.63. The van der Waals surface area contributed by atoms with Gasteiger partial charge in [-0.15, -0.1) is 0 Å². The van der Waals surface area contributed by atoms with E-state index in [0.717, 1.165) is 0 Å². The van der Waals surface area contributed by atoms with Crippen LogP contribution in [0.4, 0.5) is 13.6 Å². The lowest BCUT2D eigenvalue weighted by Gasteiger charge is -2.27. The van der Waals surface area contributed by atoms with Gasteiger partial charge in [0.05, 0.1) is 5.92 Å². The molecule has 5 nitrogen and oxygen atoms in total. The molecule has 2 fully saturated rings. The molecule has 0 aromatic rings. The molecule has 120 valence electrons. The van der Waals surface area contributed by atoms with Crippen molar-refractivity contribution < 1.29 is 23.5 Å². The summed E-state index contributed by atoms with van der Waals surface area (Å²) in [4.78, 5) is 22.5. The largest absolute Gasteiger partial charge is 0.481 e. The first kappa shape index (κ1) is 16.0. The molecule has 2 saturated carbocycles. The van der Waals surface area contributed by atoms with Crippen molar-refractivity contribution in [2.45, 2.75) is 56.9 Å². The van der Waals surface area contributed by atoms with Gasteiger partial charge in [-0.05, 0) is 38.0 Å². The van der Waals surface area contributed by atoms with Gasteiger partial charge < -0.3 is 15.7 Å². The number of carboxylic acid groups (broad SMARTS) is 1. The molecule has 0 saturated heterocycles. The van der Waals surface area contributed by atoms with Crippen LogP contribution >= 0.6 is 0 Å². The molecule has 0 aliphatic heterocycles. The molecule has 2 aliphatic rings. The fourth-order valence-corrected chi connectivity index (χ4v) is 3.17. The van der Waals surface area contributed by atoms with Crippen LogP contribution in [0.1, 0.15) is 44.9 Å². The zero-order chi connectivity index (χ0) is 15.5. The van der Waals surface area contributed by atoms with Crippen molar-refractivity contribution >= 4 is 12.0 Å². The number of carbonyl (C=O) groups excluding carboxylic acids is 1. The van der Waals surface area contributed by atoms with Crippen LogP contribution in [0.15, 0.2) is 0 Å². The van der Waals surface area contributed by atoms with Crippen LogP contribution in [0.2, 0.25) is 0 Å². The summed E-state index contributed by atoms with van der Waals surface area (Å²) in [7, 11) is 0. The van der Waals surface area contributed by atoms with Crippen LogP contribution < -0.4 is 10.6 Å². The minimum Gasteiger partial charge on any atom is -0.481 e. The lowest BCUT2D eigenvalue weighted by molar-refractivity contribution is -0.142. The molecule has 0 spiro atoms. The van der Waals surface area contributed by atoms with Gasteiger partial charge in [-0.3, -0.25) is 4.79 Å². The lowest BCUT2D eigenvalue weighted by Crippen LogP contribution is -2.45. The number of rotatable bonds is 4. The maximum absolute atomic E-state index is 13.0. The normalized spacial score (nSPS) is 31.6. The summed E-state index contributed by atoms with van der Waals surface area (Å²) in [5.74, 6) is -3.83. The highest BCUT2D eigenvalue weighted by Crippen LogP contribution is 2.38. The zero-order valence-corrected chi connectivity index (χ0v) is 11.9. The average molecular weight is 304 g/mol. The fraction of sp³-hybridized carbons (Fsp3) is 0.857. The predicted molar refractivity (Wildman–Crippen MR) is 72.2 cm³/mol. The van der Waals surface area contributed by atoms with Gasteiger partial charge in [0.25, 0.3) is 0 Å². The summed E-state index contributed by atoms with van der Waals surface area (Å²) in [6.45, 7) is 0.270. The van der Waals surface area contributed by atoms with E-state index in [9.17, 15) is 18.4 Å². The summed E-state index contributed by atoms with van der Waals surface area (Å²) >= 11 is 0. The minimum absolute atomic E-state index is 0.0226. The van der Waals surface area contributed by atoms with Crippen LogP contribution in [0, 0.1) is 11.8 Å². The smallest absolute Gasteiger partial charge is 0.315 e. The molecule has 21 heavy (non-hydrogen) atoms. The van der Waals surface area contributed by atoms with E-state index < -0.39 is 11.9 Å². The van der Waals surface area contributed by atoms with E-state index in [1.54, 1.807) is 0 Å². The molecule has 2 amide bonds. The molecule has 0 heterocycles. The van der Waals surface area contributed by atoms with E-state index in [1.165, 1.54) is 0 Å². The number of urea groups is 1. The Morgan fingerprint density at radius 3 is 2.33 bits per heavy atom. The fourth-order valence-electron chi connectivity index (χ4n) is 3.17. The molecule has 2 aliphatic carbocycles. The monoisotopic (exact) mass is 304 g/mol. The van der Waals surface area contributed by atoms with E-state index in [4.69, 9.17) is 5.11 Å². The first-order valence-corrected chi connectivity index (χ1v) is 7.51. The van der Waals surface area contributed by atoms with Crippen LogP contribution in [0.5, 0.6) is 0 Å². The Morgan fingerprint density at radius 2 is 1.81 bits per heavy atom. The van der Waals surface area contributed by atoms with Gasteiger partial charge in [0.2, 0.25) is 5.92 Å². The first-order chi connectivity index (χ1) is 9.85. The highest BCUT2D eigenvalue weighted by atomic mass is 19.3. The topological polar surface area (TPSA) is 78.4 Å². The van der Waals surface area contributed by atoms with Crippen LogP contribution in [-0.2, 0) is 4.79 Å². The third-order valence-corrected chi connectivity index (χ3v) is 4.47. The van der Waals surface area contributed by atoms with Crippen molar-refractivity contribution in [3.63, 3.8) is 0 Å². The van der Waals surface area contributed by atoms with Gasteiger partial charge in [-0.2, -0.15) is 0 Å². The Bertz CT molecular complexity index is 396. The Kier molecular flexibility index (Phi) is 5.00. The summed E-state index contributed by atoms with van der Waals surface area (Å²) < 4.78 is 26.0. The number of alkyl halides is 2. The molecule has 0 aromatic heterocycles. The number of carboxylic acids is 1. The number of hydrogen-bond donors (Lipinski definition) is 3. The molecule has 1 unspecified atom stereocenters. The van der Waals surface area contributed by atoms with E-state index in [2.05, 4.69) is 10.6 Å². The third-order valence-electron chi connectivity index (χ3n) is 4.47. The Labute approximate surface area is 122 Å². The SMILES string of the molecule is O=C(NCC1CCC(F)(F)C1)NC1CCC(C(=O)O)CC1. The van der Waals surface area contributed by atoms with Crippen molar-refractivity contribution in [2.75, 3.05) is 6.54 Å². The maximum atomic E-state index is 13.0. The summed E-state index contributed by atoms with van der Waals surface area (Å²) in [5, 5.41) is 14.3. The maximum Gasteiger partial charge on any atom is 0.315 e. The summed E-state index contributed by atoms with van der Waals surface area (Å²) in [5.41, 5.74) is 0. The molecular formula is C14H22F2N2O3. The summed E-state index contributed by atoms with van der Waals surface area (Å²) in [6, 6.07) is -0.366. The summed E-state index contributed by atoms with van der Waals surface area (Å²) in [6.07, 6.45) is 2.61. The highest BCUT2D eigenvalue weighted by Gasteiger charge is 2.39. The zero-order valence-electron chi connectivity index (χ0n) is 11.9. The van der Waals surface area contributed by atoms with Crippen LogP contribution in [0.25, 0.3) is 0 Å². The van der Waals surface area contributed by atoms with Crippen LogP contribution in [-0.4, -0.2) is 35.6 Å². The van der Waals surface area contributed by atoms with E-state index >= 15 is 0 Å². The van der Waals surface area contributed by atoms with Gasteiger partial charge in [-0.1, -0.05) is 0 Å². The van der Waals surface area contributed by atoms with Gasteiger partial charge in [0.15, 0.2) is 0 Å². The Morgan fingerprint density at radius 1 is 1.14 bits per heavy atom. The van der Waals surface area contributed by atoms with E-state index in [-0.39, 0.29) is 43.3 Å². The predicted octanol–water partition coefficient (Wildman–Crippen LogP) is 2.36. The van der Waals surface area contributed by atoms with Crippen molar-refractivity contribution in [2.24, 2.45) is 11.8 Å². The molecule has 7 heteroatoms. The second-order valence-electron chi connectivity index (χ2n) is 6.21. The molecule has 0 aromatic carbocycles. The van der Waals surface area contributed by atoms with Gasteiger partial charge in [-0.25, -0.2) is 13.6 Å². The van der Waals surface area contributed by atoms with Crippen LogP contribution in [0.3, 0.4) is 0 Å². The Hall–Kier alpha value is -1.40. The second-order valence-corrected chi connectivity index (χ2v) is 6.21. The molecule has 0 bridgehead atoms. The minimum atomic E-state index is -2.59. The van der Waals surface area contributed by atoms with E-state index in [1.807, 2.05) is 0 Å². The number of nitrogens with one attached hydrogen (secondary N) is 2. The first-order valence-electron chi connectivity index (χ1n) is 7.51. The number of hydrogen-bond acceptors (Lipinski definition) is 2. The van der Waals surface area contributed by atoms with Gasteiger partial charge in [0.1, 0.15) is 0 Å². The van der Waals surface area contributed by atoms with Crippen molar-refractivity contribution in [3.8, 4) is 0 Å².